The molecule has 0 radical (unpaired) electrons. The minimum absolute atomic E-state index is 0.0932. The van der Waals surface area contributed by atoms with Gasteiger partial charge in [0.05, 0.1) is 11.0 Å². The molecule has 0 atom stereocenters. The van der Waals surface area contributed by atoms with E-state index in [4.69, 9.17) is 0 Å². The van der Waals surface area contributed by atoms with Crippen molar-refractivity contribution < 1.29 is 4.79 Å². The number of para-hydroxylation sites is 2. The molecule has 0 spiro atoms. The van der Waals surface area contributed by atoms with Crippen LogP contribution in [-0.2, 0) is 18.4 Å². The molecule has 1 aromatic heterocycles. The molecule has 1 fully saturated rings. The number of piperidine rings is 1. The van der Waals surface area contributed by atoms with Gasteiger partial charge in [-0.1, -0.05) is 19.1 Å². The number of carbonyl (C=O) groups is 1. The van der Waals surface area contributed by atoms with Gasteiger partial charge in [-0.25, -0.2) is 4.79 Å². The molecule has 2 aromatic carbocycles. The van der Waals surface area contributed by atoms with Gasteiger partial charge in [0.25, 0.3) is 0 Å². The molecule has 152 valence electrons. The predicted molar refractivity (Wildman–Crippen MR) is 117 cm³/mol. The van der Waals surface area contributed by atoms with Crippen LogP contribution in [0.15, 0.2) is 53.3 Å². The molecule has 1 aliphatic heterocycles. The van der Waals surface area contributed by atoms with Gasteiger partial charge in [-0.2, -0.15) is 0 Å². The Kier molecular flexibility index (Phi) is 5.43. The molecule has 29 heavy (non-hydrogen) atoms. The summed E-state index contributed by atoms with van der Waals surface area (Å²) in [5, 5.41) is 2.94. The number of anilines is 2. The van der Waals surface area contributed by atoms with Crippen molar-refractivity contribution in [1.82, 2.24) is 9.13 Å². The minimum Gasteiger partial charge on any atom is -0.372 e. The van der Waals surface area contributed by atoms with E-state index in [9.17, 15) is 9.59 Å². The van der Waals surface area contributed by atoms with Crippen molar-refractivity contribution in [3.05, 3.63) is 59.0 Å². The summed E-state index contributed by atoms with van der Waals surface area (Å²) in [4.78, 5) is 27.3. The third-order valence-corrected chi connectivity index (χ3v) is 5.91. The van der Waals surface area contributed by atoms with Gasteiger partial charge in [-0.15, -0.1) is 0 Å². The van der Waals surface area contributed by atoms with Crippen LogP contribution in [0.3, 0.4) is 0 Å². The zero-order chi connectivity index (χ0) is 20.4. The summed E-state index contributed by atoms with van der Waals surface area (Å²) in [5.41, 5.74) is 3.62. The number of imidazole rings is 1. The SMILES string of the molecule is CC1CCN(c2ccc(NC(=O)CCn3c(=O)n(C)c4ccccc43)cc2)CC1. The Bertz CT molecular complexity index is 1060. The van der Waals surface area contributed by atoms with Gasteiger partial charge in [-0.05, 0) is 55.2 Å². The zero-order valence-corrected chi connectivity index (χ0v) is 17.1. The molecule has 2 heterocycles. The molecule has 1 N–H and O–H groups in total. The van der Waals surface area contributed by atoms with Crippen LogP contribution < -0.4 is 15.9 Å². The number of hydrogen-bond donors (Lipinski definition) is 1. The average molecular weight is 393 g/mol. The fourth-order valence-electron chi connectivity index (χ4n) is 4.04. The minimum atomic E-state index is -0.0980. The van der Waals surface area contributed by atoms with Gasteiger partial charge in [0, 0.05) is 44.5 Å². The summed E-state index contributed by atoms with van der Waals surface area (Å²) in [5.74, 6) is 0.712. The van der Waals surface area contributed by atoms with E-state index in [-0.39, 0.29) is 18.0 Å². The third kappa shape index (κ3) is 4.06. The van der Waals surface area contributed by atoms with Gasteiger partial charge in [0.2, 0.25) is 5.91 Å². The molecule has 4 rings (SSSR count). The van der Waals surface area contributed by atoms with E-state index in [1.54, 1.807) is 16.2 Å². The topological polar surface area (TPSA) is 59.3 Å². The maximum atomic E-state index is 12.5. The van der Waals surface area contributed by atoms with Crippen LogP contribution in [0.1, 0.15) is 26.2 Å². The van der Waals surface area contributed by atoms with Crippen LogP contribution in [0.25, 0.3) is 11.0 Å². The first-order chi connectivity index (χ1) is 14.0. The van der Waals surface area contributed by atoms with E-state index in [0.717, 1.165) is 35.7 Å². The number of nitrogens with zero attached hydrogens (tertiary/aromatic N) is 3. The first-order valence-corrected chi connectivity index (χ1v) is 10.3. The molecular weight excluding hydrogens is 364 g/mol. The molecule has 1 aliphatic rings. The number of nitrogens with one attached hydrogen (secondary N) is 1. The predicted octanol–water partition coefficient (Wildman–Crippen LogP) is 3.61. The number of carbonyl (C=O) groups excluding carboxylic acids is 1. The number of amides is 1. The lowest BCUT2D eigenvalue weighted by molar-refractivity contribution is -0.116. The van der Waals surface area contributed by atoms with Crippen molar-refractivity contribution >= 4 is 28.3 Å². The lowest BCUT2D eigenvalue weighted by Gasteiger charge is -2.32. The van der Waals surface area contributed by atoms with E-state index >= 15 is 0 Å². The summed E-state index contributed by atoms with van der Waals surface area (Å²) < 4.78 is 3.28. The van der Waals surface area contributed by atoms with E-state index in [0.29, 0.717) is 6.54 Å². The number of aromatic nitrogens is 2. The number of aryl methyl sites for hydroxylation is 2. The Morgan fingerprint density at radius 3 is 2.38 bits per heavy atom. The normalized spacial score (nSPS) is 15.0. The van der Waals surface area contributed by atoms with Gasteiger partial charge >= 0.3 is 5.69 Å². The summed E-state index contributed by atoms with van der Waals surface area (Å²) in [7, 11) is 1.76. The smallest absolute Gasteiger partial charge is 0.328 e. The summed E-state index contributed by atoms with van der Waals surface area (Å²) in [6.45, 7) is 4.84. The standard InChI is InChI=1S/C23H28N4O2/c1-17-11-14-26(15-12-17)19-9-7-18(8-10-19)24-22(28)13-16-27-21-6-4-3-5-20(21)25(2)23(27)29/h3-10,17H,11-16H2,1-2H3,(H,24,28). The number of rotatable bonds is 5. The molecule has 0 aliphatic carbocycles. The largest absolute Gasteiger partial charge is 0.372 e. The van der Waals surface area contributed by atoms with Crippen molar-refractivity contribution in [2.45, 2.75) is 32.7 Å². The van der Waals surface area contributed by atoms with Gasteiger partial charge in [0.15, 0.2) is 0 Å². The van der Waals surface area contributed by atoms with Crippen molar-refractivity contribution in [3.8, 4) is 0 Å². The second-order valence-electron chi connectivity index (χ2n) is 8.00. The number of hydrogen-bond acceptors (Lipinski definition) is 3. The Balaban J connectivity index is 1.37. The van der Waals surface area contributed by atoms with Crippen LogP contribution in [-0.4, -0.2) is 28.1 Å². The van der Waals surface area contributed by atoms with Gasteiger partial charge in [0.1, 0.15) is 0 Å². The van der Waals surface area contributed by atoms with E-state index < -0.39 is 0 Å². The Hall–Kier alpha value is -3.02. The monoisotopic (exact) mass is 392 g/mol. The molecule has 3 aromatic rings. The summed E-state index contributed by atoms with van der Waals surface area (Å²) >= 11 is 0. The summed E-state index contributed by atoms with van der Waals surface area (Å²) in [6.07, 6.45) is 2.71. The highest BCUT2D eigenvalue weighted by molar-refractivity contribution is 5.91. The van der Waals surface area contributed by atoms with Crippen molar-refractivity contribution in [2.24, 2.45) is 13.0 Å². The van der Waals surface area contributed by atoms with Crippen LogP contribution in [0.5, 0.6) is 0 Å². The highest BCUT2D eigenvalue weighted by Crippen LogP contribution is 2.24. The van der Waals surface area contributed by atoms with Gasteiger partial charge in [-0.3, -0.25) is 13.9 Å². The molecule has 6 nitrogen and oxygen atoms in total. The maximum Gasteiger partial charge on any atom is 0.328 e. The molecular formula is C23H28N4O2. The van der Waals surface area contributed by atoms with E-state index in [2.05, 4.69) is 29.3 Å². The van der Waals surface area contributed by atoms with Crippen LogP contribution in [0.2, 0.25) is 0 Å². The van der Waals surface area contributed by atoms with Crippen molar-refractivity contribution in [2.75, 3.05) is 23.3 Å². The number of fused-ring (bicyclic) bond motifs is 1. The van der Waals surface area contributed by atoms with Crippen LogP contribution in [0.4, 0.5) is 11.4 Å². The summed E-state index contributed by atoms with van der Waals surface area (Å²) in [6, 6.07) is 15.7. The highest BCUT2D eigenvalue weighted by Gasteiger charge is 2.16. The zero-order valence-electron chi connectivity index (χ0n) is 17.1. The van der Waals surface area contributed by atoms with Crippen LogP contribution in [0, 0.1) is 5.92 Å². The third-order valence-electron chi connectivity index (χ3n) is 5.91. The van der Waals surface area contributed by atoms with E-state index in [1.807, 2.05) is 36.4 Å². The first-order valence-electron chi connectivity index (χ1n) is 10.3. The molecule has 0 bridgehead atoms. The van der Waals surface area contributed by atoms with Crippen LogP contribution >= 0.6 is 0 Å². The highest BCUT2D eigenvalue weighted by atomic mass is 16.2. The molecule has 1 amide bonds. The van der Waals surface area contributed by atoms with Gasteiger partial charge < -0.3 is 10.2 Å². The molecule has 6 heteroatoms. The molecule has 0 saturated carbocycles. The Labute approximate surface area is 170 Å². The fraction of sp³-hybridized carbons (Fsp3) is 0.391. The first kappa shape index (κ1) is 19.3. The molecule has 0 unspecified atom stereocenters. The van der Waals surface area contributed by atoms with E-state index in [1.165, 1.54) is 18.5 Å². The second kappa shape index (κ2) is 8.15. The fourth-order valence-corrected chi connectivity index (χ4v) is 4.04. The lowest BCUT2D eigenvalue weighted by atomic mass is 9.99. The Morgan fingerprint density at radius 2 is 1.69 bits per heavy atom. The van der Waals surface area contributed by atoms with Crippen molar-refractivity contribution in [1.29, 1.82) is 0 Å². The van der Waals surface area contributed by atoms with Crippen molar-refractivity contribution in [3.63, 3.8) is 0 Å². The maximum absolute atomic E-state index is 12.5. The lowest BCUT2D eigenvalue weighted by Crippen LogP contribution is -2.32. The Morgan fingerprint density at radius 1 is 1.03 bits per heavy atom. The molecule has 1 saturated heterocycles. The quantitative estimate of drug-likeness (QED) is 0.722. The number of benzene rings is 2. The average Bonchev–Trinajstić information content (AvgIpc) is 2.98. The second-order valence-corrected chi connectivity index (χ2v) is 8.00.